The molecule has 1 saturated heterocycles. The van der Waals surface area contributed by atoms with Crippen LogP contribution in [0.15, 0.2) is 27.8 Å². The Balaban J connectivity index is 1.43. The summed E-state index contributed by atoms with van der Waals surface area (Å²) in [5, 5.41) is 0. The molecule has 172 valence electrons. The number of rotatable bonds is 7. The molecule has 0 bridgehead atoms. The van der Waals surface area contributed by atoms with Gasteiger partial charge < -0.3 is 19.9 Å². The van der Waals surface area contributed by atoms with Crippen LogP contribution in [-0.4, -0.2) is 52.7 Å². The summed E-state index contributed by atoms with van der Waals surface area (Å²) in [7, 11) is 0. The molecule has 0 radical (unpaired) electrons. The monoisotopic (exact) mass is 444 g/mol. The number of aromatic nitrogens is 2. The van der Waals surface area contributed by atoms with Crippen molar-refractivity contribution < 1.29 is 19.0 Å². The van der Waals surface area contributed by atoms with E-state index >= 15 is 0 Å². The fourth-order valence-electron chi connectivity index (χ4n) is 4.42. The van der Waals surface area contributed by atoms with E-state index in [0.717, 1.165) is 44.5 Å². The van der Waals surface area contributed by atoms with Crippen LogP contribution in [0.2, 0.25) is 0 Å². The first-order chi connectivity index (χ1) is 15.4. The molecule has 2 aromatic rings. The van der Waals surface area contributed by atoms with Crippen LogP contribution in [-0.2, 0) is 17.8 Å². The number of ether oxygens (including phenoxy) is 3. The van der Waals surface area contributed by atoms with Crippen LogP contribution in [0.25, 0.3) is 0 Å². The number of hydrogen-bond acceptors (Lipinski definition) is 7. The molecule has 4 rings (SSSR count). The fourth-order valence-corrected chi connectivity index (χ4v) is 4.42. The highest BCUT2D eigenvalue weighted by Gasteiger charge is 2.42. The Bertz CT molecular complexity index is 1110. The summed E-state index contributed by atoms with van der Waals surface area (Å²) < 4.78 is 17.2. The number of amides is 1. The Morgan fingerprint density at radius 2 is 2.03 bits per heavy atom. The van der Waals surface area contributed by atoms with Crippen LogP contribution < -0.4 is 31.2 Å². The first-order valence-corrected chi connectivity index (χ1v) is 10.8. The lowest BCUT2D eigenvalue weighted by molar-refractivity contribution is -0.119. The average molecular weight is 444 g/mol. The number of primary amides is 1. The summed E-state index contributed by atoms with van der Waals surface area (Å²) in [5.74, 6) is 0.827. The number of aromatic amines is 2. The van der Waals surface area contributed by atoms with E-state index in [1.807, 2.05) is 19.1 Å². The highest BCUT2D eigenvalue weighted by atomic mass is 16.5. The van der Waals surface area contributed by atoms with Crippen LogP contribution in [0.3, 0.4) is 0 Å². The van der Waals surface area contributed by atoms with E-state index < -0.39 is 17.2 Å². The molecule has 1 unspecified atom stereocenters. The summed E-state index contributed by atoms with van der Waals surface area (Å²) in [6.07, 6.45) is 2.97. The molecule has 10 heteroatoms. The molecule has 1 amide bonds. The van der Waals surface area contributed by atoms with Gasteiger partial charge in [-0.2, -0.15) is 0 Å². The van der Waals surface area contributed by atoms with Crippen LogP contribution in [0.5, 0.6) is 17.4 Å². The van der Waals surface area contributed by atoms with Crippen molar-refractivity contribution in [3.8, 4) is 17.4 Å². The van der Waals surface area contributed by atoms with Crippen molar-refractivity contribution in [2.24, 2.45) is 5.73 Å². The summed E-state index contributed by atoms with van der Waals surface area (Å²) in [6, 6.07) is 5.67. The topological polar surface area (TPSA) is 140 Å². The van der Waals surface area contributed by atoms with Crippen molar-refractivity contribution >= 4 is 5.91 Å². The van der Waals surface area contributed by atoms with Gasteiger partial charge in [0, 0.05) is 25.9 Å². The molecule has 1 atom stereocenters. The van der Waals surface area contributed by atoms with Gasteiger partial charge in [-0.25, -0.2) is 4.79 Å². The minimum Gasteiger partial charge on any atom is -0.490 e. The van der Waals surface area contributed by atoms with Gasteiger partial charge in [-0.1, -0.05) is 6.07 Å². The second-order valence-electron chi connectivity index (χ2n) is 8.28. The molecule has 3 heterocycles. The van der Waals surface area contributed by atoms with Gasteiger partial charge in [0.1, 0.15) is 5.60 Å². The molecular formula is C22H28N4O6. The van der Waals surface area contributed by atoms with Crippen molar-refractivity contribution in [3.63, 3.8) is 0 Å². The Labute approximate surface area is 184 Å². The Morgan fingerprint density at radius 3 is 2.81 bits per heavy atom. The number of carbonyl (C=O) groups is 1. The van der Waals surface area contributed by atoms with Gasteiger partial charge in [0.05, 0.1) is 12.2 Å². The third kappa shape index (κ3) is 4.80. The zero-order chi connectivity index (χ0) is 22.7. The molecule has 1 spiro atoms. The quantitative estimate of drug-likeness (QED) is 0.571. The molecule has 1 fully saturated rings. The van der Waals surface area contributed by atoms with Gasteiger partial charge >= 0.3 is 5.69 Å². The summed E-state index contributed by atoms with van der Waals surface area (Å²) >= 11 is 0. The summed E-state index contributed by atoms with van der Waals surface area (Å²) in [6.45, 7) is 4.55. The van der Waals surface area contributed by atoms with Crippen LogP contribution in [0.1, 0.15) is 37.3 Å². The fraction of sp³-hybridized carbons (Fsp3) is 0.500. The molecule has 0 aliphatic carbocycles. The van der Waals surface area contributed by atoms with Crippen LogP contribution >= 0.6 is 0 Å². The van der Waals surface area contributed by atoms with Gasteiger partial charge in [-0.15, -0.1) is 0 Å². The first kappa shape index (κ1) is 21.9. The number of H-pyrrole nitrogens is 2. The number of nitrogens with one attached hydrogen (secondary N) is 2. The van der Waals surface area contributed by atoms with Crippen molar-refractivity contribution in [3.05, 3.63) is 50.2 Å². The Hall–Kier alpha value is -3.27. The van der Waals surface area contributed by atoms with Gasteiger partial charge in [0.2, 0.25) is 5.88 Å². The van der Waals surface area contributed by atoms with Crippen molar-refractivity contribution in [2.75, 3.05) is 26.3 Å². The molecule has 1 aromatic heterocycles. The molecule has 4 N–H and O–H groups in total. The van der Waals surface area contributed by atoms with Crippen molar-refractivity contribution in [1.82, 2.24) is 14.9 Å². The van der Waals surface area contributed by atoms with Gasteiger partial charge in [-0.05, 0) is 44.0 Å². The lowest BCUT2D eigenvalue weighted by atomic mass is 9.90. The lowest BCUT2D eigenvalue weighted by Gasteiger charge is -2.27. The number of fused-ring (bicyclic) bond motifs is 1. The number of nitrogens with zero attached hydrogens (tertiary/aromatic N) is 1. The van der Waals surface area contributed by atoms with Gasteiger partial charge in [0.25, 0.3) is 11.5 Å². The maximum Gasteiger partial charge on any atom is 0.328 e. The molecule has 2 aliphatic rings. The molecule has 0 saturated carbocycles. The van der Waals surface area contributed by atoms with Gasteiger partial charge in [-0.3, -0.25) is 24.5 Å². The maximum atomic E-state index is 12.1. The SMILES string of the molecule is CCOc1cc(CN2CCCC3(CC2)Cc2c([nH]c(=O)[nH]c2=O)O3)ccc1OCC(N)=O. The first-order valence-electron chi connectivity index (χ1n) is 10.8. The number of hydrogen-bond donors (Lipinski definition) is 3. The molecule has 2 aliphatic heterocycles. The predicted molar refractivity (Wildman–Crippen MR) is 116 cm³/mol. The van der Waals surface area contributed by atoms with E-state index in [-0.39, 0.29) is 12.2 Å². The smallest absolute Gasteiger partial charge is 0.328 e. The van der Waals surface area contributed by atoms with Gasteiger partial charge in [0.15, 0.2) is 18.1 Å². The highest BCUT2D eigenvalue weighted by Crippen LogP contribution is 2.38. The van der Waals surface area contributed by atoms with Crippen molar-refractivity contribution in [2.45, 2.75) is 44.8 Å². The molecular weight excluding hydrogens is 416 g/mol. The average Bonchev–Trinajstić information content (AvgIpc) is 2.99. The standard InChI is InChI=1S/C22H28N4O6/c1-2-30-17-10-14(4-5-16(17)31-13-18(23)27)12-26-8-3-6-22(7-9-26)11-15-19(28)24-21(29)25-20(15)32-22/h4-5,10H,2-3,6-9,11-13H2,1H3,(H2,23,27)(H2,24,25,28,29). The van der Waals surface area contributed by atoms with E-state index in [4.69, 9.17) is 19.9 Å². The Kier molecular flexibility index (Phi) is 6.22. The molecule has 32 heavy (non-hydrogen) atoms. The largest absolute Gasteiger partial charge is 0.490 e. The van der Waals surface area contributed by atoms with E-state index in [1.54, 1.807) is 6.07 Å². The third-order valence-electron chi connectivity index (χ3n) is 5.89. The minimum absolute atomic E-state index is 0.204. The second kappa shape index (κ2) is 9.07. The number of likely N-dealkylation sites (tertiary alicyclic amines) is 1. The third-order valence-corrected chi connectivity index (χ3v) is 5.89. The van der Waals surface area contributed by atoms with E-state index in [9.17, 15) is 14.4 Å². The number of carbonyl (C=O) groups excluding carboxylic acids is 1. The zero-order valence-corrected chi connectivity index (χ0v) is 18.1. The zero-order valence-electron chi connectivity index (χ0n) is 18.1. The highest BCUT2D eigenvalue weighted by molar-refractivity contribution is 5.75. The minimum atomic E-state index is -0.547. The Morgan fingerprint density at radius 1 is 1.19 bits per heavy atom. The summed E-state index contributed by atoms with van der Waals surface area (Å²) in [5.41, 5.74) is 5.37. The van der Waals surface area contributed by atoms with Crippen LogP contribution in [0.4, 0.5) is 0 Å². The number of nitrogens with two attached hydrogens (primary N) is 1. The van der Waals surface area contributed by atoms with E-state index in [0.29, 0.717) is 36.0 Å². The van der Waals surface area contributed by atoms with Crippen molar-refractivity contribution in [1.29, 1.82) is 0 Å². The van der Waals surface area contributed by atoms with E-state index in [1.165, 1.54) is 0 Å². The molecule has 1 aromatic carbocycles. The number of benzene rings is 1. The molecule has 10 nitrogen and oxygen atoms in total. The normalized spacial score (nSPS) is 20.4. The summed E-state index contributed by atoms with van der Waals surface area (Å²) in [4.78, 5) is 42.0. The lowest BCUT2D eigenvalue weighted by Crippen LogP contribution is -2.36. The van der Waals surface area contributed by atoms with Crippen LogP contribution in [0, 0.1) is 0 Å². The second-order valence-corrected chi connectivity index (χ2v) is 8.28. The maximum absolute atomic E-state index is 12.1. The van der Waals surface area contributed by atoms with E-state index in [2.05, 4.69) is 14.9 Å². The predicted octanol–water partition coefficient (Wildman–Crippen LogP) is 0.686.